The van der Waals surface area contributed by atoms with Crippen LogP contribution in [0.25, 0.3) is 0 Å². The number of hydrogen-bond acceptors (Lipinski definition) is 3. The SMILES string of the molecule is COc1cc(NCc2ccc(SC)cc2)ccc1F. The molecule has 0 bridgehead atoms. The number of nitrogens with one attached hydrogen (secondary N) is 1. The molecule has 0 aliphatic carbocycles. The van der Waals surface area contributed by atoms with Gasteiger partial charge in [-0.05, 0) is 36.1 Å². The summed E-state index contributed by atoms with van der Waals surface area (Å²) in [6.07, 6.45) is 2.05. The maximum atomic E-state index is 13.3. The molecule has 0 radical (unpaired) electrons. The van der Waals surface area contributed by atoms with E-state index in [9.17, 15) is 4.39 Å². The molecule has 100 valence electrons. The average molecular weight is 277 g/mol. The standard InChI is InChI=1S/C15H16FNOS/c1-18-15-9-12(5-8-14(15)16)17-10-11-3-6-13(19-2)7-4-11/h3-9,17H,10H2,1-2H3. The number of ether oxygens (including phenoxy) is 1. The van der Waals surface area contributed by atoms with E-state index in [4.69, 9.17) is 4.74 Å². The van der Waals surface area contributed by atoms with Crippen molar-refractivity contribution in [2.75, 3.05) is 18.7 Å². The van der Waals surface area contributed by atoms with Gasteiger partial charge < -0.3 is 10.1 Å². The summed E-state index contributed by atoms with van der Waals surface area (Å²) in [5, 5.41) is 3.25. The van der Waals surface area contributed by atoms with Crippen molar-refractivity contribution in [2.24, 2.45) is 0 Å². The van der Waals surface area contributed by atoms with E-state index in [1.54, 1.807) is 23.9 Å². The average Bonchev–Trinajstić information content (AvgIpc) is 2.47. The first-order chi connectivity index (χ1) is 9.22. The molecular formula is C15H16FNOS. The van der Waals surface area contributed by atoms with E-state index >= 15 is 0 Å². The van der Waals surface area contributed by atoms with E-state index in [2.05, 4.69) is 35.8 Å². The van der Waals surface area contributed by atoms with Crippen molar-refractivity contribution in [2.45, 2.75) is 11.4 Å². The van der Waals surface area contributed by atoms with Crippen molar-refractivity contribution in [3.8, 4) is 5.75 Å². The van der Waals surface area contributed by atoms with Crippen LogP contribution in [0.1, 0.15) is 5.56 Å². The van der Waals surface area contributed by atoms with Gasteiger partial charge in [-0.2, -0.15) is 0 Å². The van der Waals surface area contributed by atoms with Gasteiger partial charge >= 0.3 is 0 Å². The predicted octanol–water partition coefficient (Wildman–Crippen LogP) is 4.17. The number of halogens is 1. The third-order valence-corrected chi connectivity index (χ3v) is 3.55. The van der Waals surface area contributed by atoms with Gasteiger partial charge in [-0.25, -0.2) is 4.39 Å². The minimum absolute atomic E-state index is 0.253. The van der Waals surface area contributed by atoms with Crippen LogP contribution in [0.3, 0.4) is 0 Å². The third kappa shape index (κ3) is 3.64. The molecule has 0 aliphatic rings. The van der Waals surface area contributed by atoms with Gasteiger partial charge in [0.2, 0.25) is 0 Å². The second-order valence-corrected chi connectivity index (χ2v) is 4.93. The predicted molar refractivity (Wildman–Crippen MR) is 78.5 cm³/mol. The van der Waals surface area contributed by atoms with Gasteiger partial charge in [-0.3, -0.25) is 0 Å². The topological polar surface area (TPSA) is 21.3 Å². The summed E-state index contributed by atoms with van der Waals surface area (Å²) < 4.78 is 18.2. The van der Waals surface area contributed by atoms with Crippen LogP contribution in [0.2, 0.25) is 0 Å². The van der Waals surface area contributed by atoms with Gasteiger partial charge in [-0.15, -0.1) is 11.8 Å². The fraction of sp³-hybridized carbons (Fsp3) is 0.200. The Morgan fingerprint density at radius 3 is 2.53 bits per heavy atom. The molecule has 2 nitrogen and oxygen atoms in total. The zero-order valence-electron chi connectivity index (χ0n) is 10.9. The van der Waals surface area contributed by atoms with E-state index in [1.807, 2.05) is 0 Å². The van der Waals surface area contributed by atoms with Crippen LogP contribution in [-0.4, -0.2) is 13.4 Å². The Bertz CT molecular complexity index is 542. The smallest absolute Gasteiger partial charge is 0.165 e. The number of benzene rings is 2. The van der Waals surface area contributed by atoms with Crippen LogP contribution in [0, 0.1) is 5.82 Å². The number of rotatable bonds is 5. The molecule has 0 amide bonds. The highest BCUT2D eigenvalue weighted by Crippen LogP contribution is 2.22. The number of thioether (sulfide) groups is 1. The lowest BCUT2D eigenvalue weighted by molar-refractivity contribution is 0.387. The Morgan fingerprint density at radius 2 is 1.89 bits per heavy atom. The van der Waals surface area contributed by atoms with Gasteiger partial charge in [0.25, 0.3) is 0 Å². The van der Waals surface area contributed by atoms with E-state index in [-0.39, 0.29) is 11.6 Å². The van der Waals surface area contributed by atoms with Crippen molar-refractivity contribution >= 4 is 17.4 Å². The van der Waals surface area contributed by atoms with Crippen LogP contribution < -0.4 is 10.1 Å². The van der Waals surface area contributed by atoms with Crippen molar-refractivity contribution in [1.29, 1.82) is 0 Å². The number of methoxy groups -OCH3 is 1. The Morgan fingerprint density at radius 1 is 1.16 bits per heavy atom. The van der Waals surface area contributed by atoms with E-state index < -0.39 is 0 Å². The molecule has 2 rings (SSSR count). The zero-order valence-corrected chi connectivity index (χ0v) is 11.8. The normalized spacial score (nSPS) is 10.3. The maximum absolute atomic E-state index is 13.3. The first-order valence-corrected chi connectivity index (χ1v) is 7.15. The van der Waals surface area contributed by atoms with Crippen molar-refractivity contribution in [3.05, 3.63) is 53.8 Å². The fourth-order valence-electron chi connectivity index (χ4n) is 1.72. The van der Waals surface area contributed by atoms with Crippen LogP contribution >= 0.6 is 11.8 Å². The summed E-state index contributed by atoms with van der Waals surface area (Å²) in [6.45, 7) is 0.698. The third-order valence-electron chi connectivity index (χ3n) is 2.81. The second-order valence-electron chi connectivity index (χ2n) is 4.05. The fourth-order valence-corrected chi connectivity index (χ4v) is 2.13. The highest BCUT2D eigenvalue weighted by atomic mass is 32.2. The first-order valence-electron chi connectivity index (χ1n) is 5.93. The first kappa shape index (κ1) is 13.7. The summed E-state index contributed by atoms with van der Waals surface area (Å²) in [5.74, 6) is -0.0971. The molecule has 0 unspecified atom stereocenters. The number of anilines is 1. The highest BCUT2D eigenvalue weighted by Gasteiger charge is 2.03. The molecule has 0 atom stereocenters. The van der Waals surface area contributed by atoms with Crippen LogP contribution in [0.15, 0.2) is 47.4 Å². The van der Waals surface area contributed by atoms with Gasteiger partial charge in [-0.1, -0.05) is 12.1 Å². The van der Waals surface area contributed by atoms with E-state index in [0.29, 0.717) is 6.54 Å². The molecule has 1 N–H and O–H groups in total. The lowest BCUT2D eigenvalue weighted by Crippen LogP contribution is -2.00. The summed E-state index contributed by atoms with van der Waals surface area (Å²) in [5.41, 5.74) is 2.02. The summed E-state index contributed by atoms with van der Waals surface area (Å²) >= 11 is 1.72. The van der Waals surface area contributed by atoms with Gasteiger partial charge in [0.05, 0.1) is 7.11 Å². The molecule has 0 heterocycles. The zero-order chi connectivity index (χ0) is 13.7. The molecule has 0 saturated carbocycles. The Labute approximate surface area is 117 Å². The van der Waals surface area contributed by atoms with E-state index in [1.165, 1.54) is 23.6 Å². The van der Waals surface area contributed by atoms with Crippen LogP contribution in [0.5, 0.6) is 5.75 Å². The Hall–Kier alpha value is -1.68. The molecule has 4 heteroatoms. The molecule has 0 fully saturated rings. The minimum Gasteiger partial charge on any atom is -0.494 e. The van der Waals surface area contributed by atoms with Crippen LogP contribution in [0.4, 0.5) is 10.1 Å². The summed E-state index contributed by atoms with van der Waals surface area (Å²) in [6, 6.07) is 13.1. The Balaban J connectivity index is 2.01. The lowest BCUT2D eigenvalue weighted by Gasteiger charge is -2.09. The van der Waals surface area contributed by atoms with Gasteiger partial charge in [0.1, 0.15) is 0 Å². The summed E-state index contributed by atoms with van der Waals surface area (Å²) in [7, 11) is 1.46. The van der Waals surface area contributed by atoms with Gasteiger partial charge in [0, 0.05) is 23.2 Å². The molecule has 0 aromatic heterocycles. The molecule has 0 saturated heterocycles. The van der Waals surface area contributed by atoms with Crippen molar-refractivity contribution < 1.29 is 9.13 Å². The summed E-state index contributed by atoms with van der Waals surface area (Å²) in [4.78, 5) is 1.24. The Kier molecular flexibility index (Phi) is 4.68. The van der Waals surface area contributed by atoms with Crippen molar-refractivity contribution in [1.82, 2.24) is 0 Å². The van der Waals surface area contributed by atoms with Crippen LogP contribution in [-0.2, 0) is 6.54 Å². The highest BCUT2D eigenvalue weighted by molar-refractivity contribution is 7.98. The maximum Gasteiger partial charge on any atom is 0.165 e. The minimum atomic E-state index is -0.350. The molecule has 2 aromatic carbocycles. The van der Waals surface area contributed by atoms with Crippen molar-refractivity contribution in [3.63, 3.8) is 0 Å². The lowest BCUT2D eigenvalue weighted by atomic mass is 10.2. The molecular weight excluding hydrogens is 261 g/mol. The van der Waals surface area contributed by atoms with E-state index in [0.717, 1.165) is 5.69 Å². The second kappa shape index (κ2) is 6.48. The monoisotopic (exact) mass is 277 g/mol. The largest absolute Gasteiger partial charge is 0.494 e. The molecule has 2 aromatic rings. The number of hydrogen-bond donors (Lipinski definition) is 1. The van der Waals surface area contributed by atoms with Gasteiger partial charge in [0.15, 0.2) is 11.6 Å². The molecule has 0 aliphatic heterocycles. The molecule has 19 heavy (non-hydrogen) atoms. The molecule has 0 spiro atoms. The quantitative estimate of drug-likeness (QED) is 0.829.